The van der Waals surface area contributed by atoms with Crippen LogP contribution < -0.4 is 11.1 Å². The van der Waals surface area contributed by atoms with E-state index in [1.54, 1.807) is 25.1 Å². The Hall–Kier alpha value is -1.73. The summed E-state index contributed by atoms with van der Waals surface area (Å²) in [5, 5.41) is 22.3. The second kappa shape index (κ2) is 5.74. The fourth-order valence-electron chi connectivity index (χ4n) is 2.05. The molecular formula is C14H21N3O. The Balaban J connectivity index is 2.72. The summed E-state index contributed by atoms with van der Waals surface area (Å²) >= 11 is 0. The van der Waals surface area contributed by atoms with Crippen LogP contribution in [0.25, 0.3) is 0 Å². The highest BCUT2D eigenvalue weighted by Crippen LogP contribution is 2.21. The van der Waals surface area contributed by atoms with Gasteiger partial charge in [-0.25, -0.2) is 0 Å². The zero-order valence-corrected chi connectivity index (χ0v) is 11.2. The number of nitrogens with two attached hydrogens (primary N) is 1. The summed E-state index contributed by atoms with van der Waals surface area (Å²) in [5.74, 6) is 0.420. The molecule has 0 bridgehead atoms. The number of hydrogen-bond acceptors (Lipinski definition) is 4. The minimum Gasteiger partial charge on any atom is -0.399 e. The number of rotatable bonds is 5. The van der Waals surface area contributed by atoms with Crippen LogP contribution in [-0.4, -0.2) is 17.3 Å². The van der Waals surface area contributed by atoms with E-state index in [0.29, 0.717) is 35.8 Å². The average molecular weight is 247 g/mol. The van der Waals surface area contributed by atoms with Crippen molar-refractivity contribution in [3.8, 4) is 6.07 Å². The number of hydrogen-bond donors (Lipinski definition) is 3. The van der Waals surface area contributed by atoms with Crippen LogP contribution >= 0.6 is 0 Å². The Bertz CT molecular complexity index is 447. The largest absolute Gasteiger partial charge is 0.399 e. The molecule has 0 fully saturated rings. The molecule has 0 heterocycles. The van der Waals surface area contributed by atoms with E-state index in [4.69, 9.17) is 11.0 Å². The lowest BCUT2D eigenvalue weighted by molar-refractivity contribution is 0.0515. The van der Waals surface area contributed by atoms with Crippen LogP contribution in [0.5, 0.6) is 0 Å². The Labute approximate surface area is 108 Å². The quantitative estimate of drug-likeness (QED) is 0.697. The van der Waals surface area contributed by atoms with Crippen LogP contribution in [0.4, 0.5) is 11.4 Å². The van der Waals surface area contributed by atoms with Crippen molar-refractivity contribution in [2.75, 3.05) is 17.6 Å². The van der Waals surface area contributed by atoms with Gasteiger partial charge in [0.15, 0.2) is 0 Å². The number of benzene rings is 1. The summed E-state index contributed by atoms with van der Waals surface area (Å²) in [6, 6.07) is 7.21. The lowest BCUT2D eigenvalue weighted by Crippen LogP contribution is -2.35. The molecule has 4 heteroatoms. The molecule has 1 aromatic rings. The number of anilines is 2. The summed E-state index contributed by atoms with van der Waals surface area (Å²) in [7, 11) is 0. The molecule has 1 aromatic carbocycles. The van der Waals surface area contributed by atoms with Gasteiger partial charge in [-0.3, -0.25) is 0 Å². The van der Waals surface area contributed by atoms with Crippen molar-refractivity contribution >= 4 is 11.4 Å². The topological polar surface area (TPSA) is 82.1 Å². The Kier molecular flexibility index (Phi) is 4.57. The molecule has 4 nitrogen and oxygen atoms in total. The molecule has 0 radical (unpaired) electrons. The SMILES string of the molecule is CC(C)CC(C)(O)CNc1ccc(N)cc1C#N. The predicted octanol–water partition coefficient (Wildman–Crippen LogP) is 2.35. The summed E-state index contributed by atoms with van der Waals surface area (Å²) in [5.41, 5.74) is 6.59. The third-order valence-electron chi connectivity index (χ3n) is 2.67. The summed E-state index contributed by atoms with van der Waals surface area (Å²) in [4.78, 5) is 0. The highest BCUT2D eigenvalue weighted by molar-refractivity contribution is 5.63. The van der Waals surface area contributed by atoms with E-state index >= 15 is 0 Å². The van der Waals surface area contributed by atoms with E-state index < -0.39 is 5.60 Å². The van der Waals surface area contributed by atoms with Crippen molar-refractivity contribution in [2.45, 2.75) is 32.8 Å². The van der Waals surface area contributed by atoms with Crippen molar-refractivity contribution in [3.05, 3.63) is 23.8 Å². The lowest BCUT2D eigenvalue weighted by Gasteiger charge is -2.26. The molecule has 0 aromatic heterocycles. The molecule has 0 aliphatic rings. The van der Waals surface area contributed by atoms with Gasteiger partial charge in [0.05, 0.1) is 16.9 Å². The number of nitrogens with zero attached hydrogens (tertiary/aromatic N) is 1. The van der Waals surface area contributed by atoms with E-state index in [1.807, 2.05) is 0 Å². The van der Waals surface area contributed by atoms with Crippen LogP contribution in [0.2, 0.25) is 0 Å². The molecule has 0 saturated carbocycles. The summed E-state index contributed by atoms with van der Waals surface area (Å²) < 4.78 is 0. The van der Waals surface area contributed by atoms with Gasteiger partial charge in [-0.15, -0.1) is 0 Å². The minimum atomic E-state index is -0.789. The van der Waals surface area contributed by atoms with E-state index in [0.717, 1.165) is 0 Å². The molecule has 98 valence electrons. The van der Waals surface area contributed by atoms with Crippen LogP contribution in [0.15, 0.2) is 18.2 Å². The van der Waals surface area contributed by atoms with E-state index in [9.17, 15) is 5.11 Å². The molecule has 0 aliphatic heterocycles. The van der Waals surface area contributed by atoms with Gasteiger partial charge in [-0.1, -0.05) is 13.8 Å². The van der Waals surface area contributed by atoms with E-state index in [2.05, 4.69) is 25.2 Å². The number of nitriles is 1. The molecule has 4 N–H and O–H groups in total. The van der Waals surface area contributed by atoms with Gasteiger partial charge >= 0.3 is 0 Å². The fraction of sp³-hybridized carbons (Fsp3) is 0.500. The second-order valence-electron chi connectivity index (χ2n) is 5.37. The first-order chi connectivity index (χ1) is 8.34. The highest BCUT2D eigenvalue weighted by atomic mass is 16.3. The third kappa shape index (κ3) is 4.27. The molecule has 18 heavy (non-hydrogen) atoms. The van der Waals surface area contributed by atoms with Crippen LogP contribution in [0.3, 0.4) is 0 Å². The maximum atomic E-state index is 10.2. The van der Waals surface area contributed by atoms with Gasteiger partial charge in [-0.2, -0.15) is 5.26 Å². The van der Waals surface area contributed by atoms with E-state index in [-0.39, 0.29) is 0 Å². The zero-order valence-electron chi connectivity index (χ0n) is 11.2. The van der Waals surface area contributed by atoms with Gasteiger partial charge in [-0.05, 0) is 37.5 Å². The van der Waals surface area contributed by atoms with Crippen LogP contribution in [0.1, 0.15) is 32.8 Å². The first kappa shape index (κ1) is 14.3. The van der Waals surface area contributed by atoms with Crippen molar-refractivity contribution in [1.29, 1.82) is 5.26 Å². The van der Waals surface area contributed by atoms with Gasteiger partial charge in [0.1, 0.15) is 6.07 Å². The standard InChI is InChI=1S/C14H21N3O/c1-10(2)7-14(3,18)9-17-13-5-4-12(16)6-11(13)8-15/h4-6,10,17-18H,7,9,16H2,1-3H3. The molecule has 1 atom stereocenters. The molecule has 0 saturated heterocycles. The third-order valence-corrected chi connectivity index (χ3v) is 2.67. The maximum absolute atomic E-state index is 10.2. The Morgan fingerprint density at radius 3 is 2.72 bits per heavy atom. The van der Waals surface area contributed by atoms with Crippen LogP contribution in [0, 0.1) is 17.2 Å². The Morgan fingerprint density at radius 2 is 2.17 bits per heavy atom. The average Bonchev–Trinajstić information content (AvgIpc) is 2.25. The van der Waals surface area contributed by atoms with Crippen molar-refractivity contribution in [3.63, 3.8) is 0 Å². The molecular weight excluding hydrogens is 226 g/mol. The van der Waals surface area contributed by atoms with Gasteiger partial charge < -0.3 is 16.2 Å². The second-order valence-corrected chi connectivity index (χ2v) is 5.37. The van der Waals surface area contributed by atoms with Crippen molar-refractivity contribution in [2.24, 2.45) is 5.92 Å². The fourth-order valence-corrected chi connectivity index (χ4v) is 2.05. The number of nitrogens with one attached hydrogen (secondary N) is 1. The zero-order chi connectivity index (χ0) is 13.8. The predicted molar refractivity (Wildman–Crippen MR) is 74.1 cm³/mol. The number of aliphatic hydroxyl groups is 1. The van der Waals surface area contributed by atoms with Crippen molar-refractivity contribution in [1.82, 2.24) is 0 Å². The monoisotopic (exact) mass is 247 g/mol. The maximum Gasteiger partial charge on any atom is 0.101 e. The van der Waals surface area contributed by atoms with Gasteiger partial charge in [0.25, 0.3) is 0 Å². The normalized spacial score (nSPS) is 14.0. The minimum absolute atomic E-state index is 0.407. The summed E-state index contributed by atoms with van der Waals surface area (Å²) in [6.07, 6.45) is 0.705. The van der Waals surface area contributed by atoms with E-state index in [1.165, 1.54) is 0 Å². The summed E-state index contributed by atoms with van der Waals surface area (Å²) in [6.45, 7) is 6.34. The molecule has 0 spiro atoms. The first-order valence-corrected chi connectivity index (χ1v) is 6.10. The first-order valence-electron chi connectivity index (χ1n) is 6.10. The van der Waals surface area contributed by atoms with Crippen molar-refractivity contribution < 1.29 is 5.11 Å². The molecule has 1 rings (SSSR count). The lowest BCUT2D eigenvalue weighted by atomic mass is 9.94. The molecule has 0 aliphatic carbocycles. The van der Waals surface area contributed by atoms with Crippen LogP contribution in [-0.2, 0) is 0 Å². The van der Waals surface area contributed by atoms with Gasteiger partial charge in [0.2, 0.25) is 0 Å². The Morgan fingerprint density at radius 1 is 1.50 bits per heavy atom. The molecule has 0 amide bonds. The van der Waals surface area contributed by atoms with Gasteiger partial charge in [0, 0.05) is 12.2 Å². The number of nitrogen functional groups attached to an aromatic ring is 1. The smallest absolute Gasteiger partial charge is 0.101 e. The molecule has 1 unspecified atom stereocenters. The highest BCUT2D eigenvalue weighted by Gasteiger charge is 2.21.